The molecule has 0 bridgehead atoms. The predicted octanol–water partition coefficient (Wildman–Crippen LogP) is -4.00. The maximum atomic E-state index is 8.24. The Morgan fingerprint density at radius 2 is 1.16 bits per heavy atom. The molecule has 4 aromatic rings. The molecular weight excluding hydrogens is 382 g/mol. The molecule has 120 valence electrons. The fourth-order valence-electron chi connectivity index (χ4n) is 1.34. The van der Waals surface area contributed by atoms with Gasteiger partial charge in [-0.2, -0.15) is 9.03 Å². The average molecular weight is 390 g/mol. The summed E-state index contributed by atoms with van der Waals surface area (Å²) in [6.45, 7) is 0. The van der Waals surface area contributed by atoms with Crippen LogP contribution in [0.2, 0.25) is 0 Å². The molecule has 0 spiro atoms. The molecule has 0 saturated heterocycles. The van der Waals surface area contributed by atoms with Crippen molar-refractivity contribution < 1.29 is 38.7 Å². The van der Waals surface area contributed by atoms with Crippen molar-refractivity contribution in [2.75, 3.05) is 0 Å². The standard InChI is InChI=1S/2C5H4N4.2CHNO.Zn/c2*1-2-6-5-7-4-8-9(5)3-1;2*2-1-3;/h2*1-4H;2*3H;/q;;;;+2/p-2. The van der Waals surface area contributed by atoms with Gasteiger partial charge >= 0.3 is 31.0 Å². The molecular formula is C12H8N10O2Zn. The van der Waals surface area contributed by atoms with E-state index >= 15 is 0 Å². The Hall–Kier alpha value is -3.70. The van der Waals surface area contributed by atoms with E-state index in [1.54, 1.807) is 33.8 Å². The summed E-state index contributed by atoms with van der Waals surface area (Å²) in [7, 11) is 0. The molecule has 0 N–H and O–H groups in total. The van der Waals surface area contributed by atoms with Crippen LogP contribution in [0.5, 0.6) is 0 Å². The Morgan fingerprint density at radius 3 is 1.48 bits per heavy atom. The molecule has 0 aliphatic rings. The summed E-state index contributed by atoms with van der Waals surface area (Å²) in [6, 6.07) is 3.61. The van der Waals surface area contributed by atoms with Crippen LogP contribution in [0.1, 0.15) is 0 Å². The summed E-state index contributed by atoms with van der Waals surface area (Å²) in [5.74, 6) is 1.27. The Labute approximate surface area is 153 Å². The molecule has 0 aliphatic carbocycles. The largest absolute Gasteiger partial charge is 2.00 e. The molecule has 0 aliphatic heterocycles. The first-order valence-corrected chi connectivity index (χ1v) is 6.00. The molecule has 4 heterocycles. The second-order valence-corrected chi connectivity index (χ2v) is 3.43. The van der Waals surface area contributed by atoms with E-state index < -0.39 is 0 Å². The van der Waals surface area contributed by atoms with Crippen molar-refractivity contribution in [2.24, 2.45) is 0 Å². The first-order valence-electron chi connectivity index (χ1n) is 6.00. The van der Waals surface area contributed by atoms with Gasteiger partial charge in [0.1, 0.15) is 25.0 Å². The van der Waals surface area contributed by atoms with E-state index in [-0.39, 0.29) is 19.5 Å². The van der Waals surface area contributed by atoms with Crippen LogP contribution in [0.25, 0.3) is 11.6 Å². The van der Waals surface area contributed by atoms with Gasteiger partial charge in [-0.15, -0.1) is 0 Å². The van der Waals surface area contributed by atoms with Crippen molar-refractivity contribution in [3.05, 3.63) is 49.6 Å². The molecule has 0 aromatic carbocycles. The maximum Gasteiger partial charge on any atom is 2.00 e. The minimum Gasteiger partial charge on any atom is -0.812 e. The molecule has 4 rings (SSSR count). The molecule has 0 saturated carbocycles. The summed E-state index contributed by atoms with van der Waals surface area (Å²) in [4.78, 5) is 15.6. The van der Waals surface area contributed by atoms with Crippen molar-refractivity contribution in [1.82, 2.24) is 30.1 Å². The minimum atomic E-state index is 0. The van der Waals surface area contributed by atoms with Gasteiger partial charge < -0.3 is 10.2 Å². The second kappa shape index (κ2) is 12.8. The van der Waals surface area contributed by atoms with E-state index in [4.69, 9.17) is 20.7 Å². The van der Waals surface area contributed by atoms with Crippen LogP contribution in [0.3, 0.4) is 0 Å². The Kier molecular flexibility index (Phi) is 10.9. The number of fused-ring (bicyclic) bond motifs is 2. The summed E-state index contributed by atoms with van der Waals surface area (Å²) in [6.07, 6.45) is 10.9. The first kappa shape index (κ1) is 21.3. The van der Waals surface area contributed by atoms with Gasteiger partial charge in [-0.1, -0.05) is 19.9 Å². The van der Waals surface area contributed by atoms with Crippen LogP contribution in [-0.4, -0.2) is 19.9 Å². The fraction of sp³-hybridized carbons (Fsp3) is 0. The Bertz CT molecular complexity index is 804. The normalized spacial score (nSPS) is 7.92. The van der Waals surface area contributed by atoms with Crippen molar-refractivity contribution in [1.29, 1.82) is 10.5 Å². The molecule has 12 nitrogen and oxygen atoms in total. The molecule has 0 atom stereocenters. The summed E-state index contributed by atoms with van der Waals surface area (Å²) in [5.41, 5.74) is 0. The number of hydrogen-bond donors (Lipinski definition) is 0. The molecule has 4 aromatic heterocycles. The monoisotopic (exact) mass is 388 g/mol. The van der Waals surface area contributed by atoms with E-state index in [2.05, 4.69) is 30.1 Å². The third-order valence-electron chi connectivity index (χ3n) is 2.11. The average Bonchev–Trinajstić information content (AvgIpc) is 3.26. The van der Waals surface area contributed by atoms with Crippen molar-refractivity contribution >= 4 is 11.6 Å². The summed E-state index contributed by atoms with van der Waals surface area (Å²) in [5, 5.41) is 37.7. The van der Waals surface area contributed by atoms with Crippen LogP contribution < -0.4 is 29.4 Å². The van der Waals surface area contributed by atoms with Gasteiger partial charge in [0.2, 0.25) is 0 Å². The molecule has 0 fully saturated rings. The van der Waals surface area contributed by atoms with E-state index in [0.717, 1.165) is 0 Å². The van der Waals surface area contributed by atoms with Gasteiger partial charge in [-0.25, -0.2) is 10.5 Å². The third kappa shape index (κ3) is 7.41. The Balaban J connectivity index is 0.000000344. The quantitative estimate of drug-likeness (QED) is 0.163. The zero-order valence-electron chi connectivity index (χ0n) is 12.6. The van der Waals surface area contributed by atoms with Gasteiger partial charge in [0.25, 0.3) is 0 Å². The van der Waals surface area contributed by atoms with Gasteiger partial charge in [-0.05, 0) is 0 Å². The van der Waals surface area contributed by atoms with E-state index in [1.807, 2.05) is 12.1 Å². The zero-order valence-corrected chi connectivity index (χ0v) is 15.6. The van der Waals surface area contributed by atoms with Gasteiger partial charge in [0, 0.05) is 24.6 Å². The number of aromatic nitrogens is 8. The van der Waals surface area contributed by atoms with Crippen molar-refractivity contribution in [3.63, 3.8) is 0 Å². The number of hydrogen-bond acceptors (Lipinski definition) is 8. The zero-order chi connectivity index (χ0) is 17.6. The van der Waals surface area contributed by atoms with E-state index in [9.17, 15) is 0 Å². The van der Waals surface area contributed by atoms with Crippen LogP contribution >= 0.6 is 0 Å². The second-order valence-electron chi connectivity index (χ2n) is 3.43. The van der Waals surface area contributed by atoms with Gasteiger partial charge in [0.05, 0.1) is 12.4 Å². The van der Waals surface area contributed by atoms with Gasteiger partial charge in [0.15, 0.2) is 0 Å². The molecule has 0 amide bonds. The van der Waals surface area contributed by atoms with Gasteiger partial charge in [-0.3, -0.25) is 10.2 Å². The SMILES string of the molecule is N#C[O-].N#C[O-].[Zn+2].c1cnc2nc[n-][n+]2c1.c1cnc2nc[n-][n+]2c1. The van der Waals surface area contributed by atoms with Crippen LogP contribution in [-0.2, 0) is 19.5 Å². The van der Waals surface area contributed by atoms with Crippen LogP contribution in [0.15, 0.2) is 49.6 Å². The third-order valence-corrected chi connectivity index (χ3v) is 2.11. The van der Waals surface area contributed by atoms with Crippen molar-refractivity contribution in [2.45, 2.75) is 0 Å². The topological polar surface area (TPSA) is 182 Å². The number of nitriles is 2. The first-order chi connectivity index (χ1) is 11.8. The molecule has 13 heteroatoms. The molecule has 0 unspecified atom stereocenters. The number of nitrogens with zero attached hydrogens (tertiary/aromatic N) is 10. The van der Waals surface area contributed by atoms with E-state index in [1.165, 1.54) is 12.7 Å². The van der Waals surface area contributed by atoms with Crippen LogP contribution in [0, 0.1) is 23.0 Å². The smallest absolute Gasteiger partial charge is 0.812 e. The molecule has 25 heavy (non-hydrogen) atoms. The van der Waals surface area contributed by atoms with Crippen LogP contribution in [0.4, 0.5) is 0 Å². The predicted molar refractivity (Wildman–Crippen MR) is 68.3 cm³/mol. The summed E-state index contributed by atoms with van der Waals surface area (Å²) < 4.78 is 3.22. The fourth-order valence-corrected chi connectivity index (χ4v) is 1.34. The summed E-state index contributed by atoms with van der Waals surface area (Å²) >= 11 is 0. The Morgan fingerprint density at radius 1 is 0.800 bits per heavy atom. The maximum absolute atomic E-state index is 8.24. The molecule has 0 radical (unpaired) electrons. The van der Waals surface area contributed by atoms with Crippen molar-refractivity contribution in [3.8, 4) is 12.5 Å². The van der Waals surface area contributed by atoms with E-state index in [0.29, 0.717) is 24.1 Å². The number of rotatable bonds is 0. The minimum absolute atomic E-state index is 0.